The monoisotopic (exact) mass is 202 g/mol. The highest BCUT2D eigenvalue weighted by atomic mass is 14.9. The predicted octanol–water partition coefficient (Wildman–Crippen LogP) is 2.91. The quantitative estimate of drug-likeness (QED) is 0.777. The molecule has 1 heteroatoms. The van der Waals surface area contributed by atoms with Crippen LogP contribution in [0.15, 0.2) is 24.3 Å². The van der Waals surface area contributed by atoms with Gasteiger partial charge in [-0.1, -0.05) is 36.8 Å². The van der Waals surface area contributed by atoms with Crippen molar-refractivity contribution in [3.8, 4) is 0 Å². The van der Waals surface area contributed by atoms with Crippen LogP contribution >= 0.6 is 0 Å². The predicted molar refractivity (Wildman–Crippen MR) is 64.9 cm³/mol. The highest BCUT2D eigenvalue weighted by Gasteiger charge is 2.24. The van der Waals surface area contributed by atoms with Crippen LogP contribution in [0.5, 0.6) is 0 Å². The van der Waals surface area contributed by atoms with Crippen molar-refractivity contribution in [2.45, 2.75) is 25.7 Å². The summed E-state index contributed by atoms with van der Waals surface area (Å²) in [5.41, 5.74) is 2.84. The first kappa shape index (κ1) is 10.7. The smallest absolute Gasteiger partial charge is 0.00147 e. The molecule has 2 unspecified atom stereocenters. The van der Waals surface area contributed by atoms with Crippen molar-refractivity contribution in [1.82, 2.24) is 5.32 Å². The van der Waals surface area contributed by atoms with Gasteiger partial charge in [-0.05, 0) is 50.3 Å². The van der Waals surface area contributed by atoms with E-state index in [-0.39, 0.29) is 0 Å². The number of hydrogen-bond donors (Lipinski definition) is 1. The summed E-state index contributed by atoms with van der Waals surface area (Å²) < 4.78 is 0. The van der Waals surface area contributed by atoms with E-state index in [1.165, 1.54) is 17.5 Å². The zero-order valence-electron chi connectivity index (χ0n) is 9.50. The van der Waals surface area contributed by atoms with E-state index in [9.17, 15) is 0 Å². The molecular formula is C14H20N. The number of hydrogen-bond acceptors (Lipinski definition) is 1. The van der Waals surface area contributed by atoms with Crippen molar-refractivity contribution in [3.05, 3.63) is 42.3 Å². The van der Waals surface area contributed by atoms with Gasteiger partial charge in [-0.3, -0.25) is 0 Å². The van der Waals surface area contributed by atoms with Gasteiger partial charge in [0, 0.05) is 0 Å². The Balaban J connectivity index is 2.16. The molecule has 0 aromatic heterocycles. The van der Waals surface area contributed by atoms with E-state index in [0.717, 1.165) is 19.5 Å². The van der Waals surface area contributed by atoms with Crippen LogP contribution < -0.4 is 5.32 Å². The molecule has 1 radical (unpaired) electrons. The lowest BCUT2D eigenvalue weighted by Gasteiger charge is -2.31. The van der Waals surface area contributed by atoms with Crippen molar-refractivity contribution in [2.75, 3.05) is 13.1 Å². The Morgan fingerprint density at radius 3 is 2.73 bits per heavy atom. The Morgan fingerprint density at radius 2 is 2.07 bits per heavy atom. The Hall–Kier alpha value is -0.820. The summed E-state index contributed by atoms with van der Waals surface area (Å²) in [5.74, 6) is 1.42. The van der Waals surface area contributed by atoms with E-state index in [4.69, 9.17) is 0 Å². The summed E-state index contributed by atoms with van der Waals surface area (Å²) in [4.78, 5) is 0. The third-order valence-corrected chi connectivity index (χ3v) is 3.48. The molecule has 1 aromatic rings. The van der Waals surface area contributed by atoms with Crippen LogP contribution in [0, 0.1) is 19.8 Å². The summed E-state index contributed by atoms with van der Waals surface area (Å²) >= 11 is 0. The maximum Gasteiger partial charge on any atom is -0.00147 e. The minimum Gasteiger partial charge on any atom is -0.316 e. The third kappa shape index (κ3) is 2.40. The zero-order valence-corrected chi connectivity index (χ0v) is 9.50. The van der Waals surface area contributed by atoms with Crippen LogP contribution in [0.2, 0.25) is 0 Å². The molecule has 1 nitrogen and oxygen atoms in total. The van der Waals surface area contributed by atoms with E-state index >= 15 is 0 Å². The summed E-state index contributed by atoms with van der Waals surface area (Å²) in [6, 6.07) is 9.01. The van der Waals surface area contributed by atoms with E-state index in [1.807, 2.05) is 0 Å². The molecule has 1 heterocycles. The van der Waals surface area contributed by atoms with Crippen LogP contribution in [0.1, 0.15) is 29.9 Å². The molecule has 0 aliphatic carbocycles. The number of aryl methyl sites for hydroxylation is 1. The average Bonchev–Trinajstić information content (AvgIpc) is 2.30. The molecule has 0 spiro atoms. The zero-order chi connectivity index (χ0) is 10.7. The van der Waals surface area contributed by atoms with Gasteiger partial charge in [0.05, 0.1) is 0 Å². The lowest BCUT2D eigenvalue weighted by Crippen LogP contribution is -2.35. The molecular weight excluding hydrogens is 182 g/mol. The fourth-order valence-electron chi connectivity index (χ4n) is 2.48. The van der Waals surface area contributed by atoms with Crippen LogP contribution in [0.3, 0.4) is 0 Å². The maximum absolute atomic E-state index is 4.06. The van der Waals surface area contributed by atoms with Crippen molar-refractivity contribution >= 4 is 0 Å². The molecule has 1 saturated heterocycles. The van der Waals surface area contributed by atoms with Crippen molar-refractivity contribution in [1.29, 1.82) is 0 Å². The molecule has 0 amide bonds. The standard InChI is InChI=1S/C14H20N/c1-3-12-10-15-9-8-14(12)13-6-4-11(2)5-7-13/h4-7,12,14-15H,1,3,8-10H2,2H3. The Kier molecular flexibility index (Phi) is 3.42. The van der Waals surface area contributed by atoms with Gasteiger partial charge in [0.1, 0.15) is 0 Å². The van der Waals surface area contributed by atoms with Gasteiger partial charge in [-0.2, -0.15) is 0 Å². The Labute approximate surface area is 92.9 Å². The molecule has 1 aliphatic rings. The largest absolute Gasteiger partial charge is 0.316 e. The van der Waals surface area contributed by atoms with E-state index in [0.29, 0.717) is 11.8 Å². The minimum atomic E-state index is 0.710. The lowest BCUT2D eigenvalue weighted by atomic mass is 9.80. The highest BCUT2D eigenvalue weighted by Crippen LogP contribution is 2.32. The summed E-state index contributed by atoms with van der Waals surface area (Å²) in [6.07, 6.45) is 2.29. The fourth-order valence-corrected chi connectivity index (χ4v) is 2.48. The van der Waals surface area contributed by atoms with Crippen LogP contribution in [0.4, 0.5) is 0 Å². The lowest BCUT2D eigenvalue weighted by molar-refractivity contribution is 0.327. The molecule has 81 valence electrons. The molecule has 15 heavy (non-hydrogen) atoms. The van der Waals surface area contributed by atoms with Crippen LogP contribution in [0.25, 0.3) is 0 Å². The maximum atomic E-state index is 4.06. The molecule has 1 aromatic carbocycles. The third-order valence-electron chi connectivity index (χ3n) is 3.48. The van der Waals surface area contributed by atoms with E-state index in [1.54, 1.807) is 0 Å². The van der Waals surface area contributed by atoms with E-state index in [2.05, 4.69) is 43.4 Å². The first-order valence-corrected chi connectivity index (χ1v) is 5.88. The van der Waals surface area contributed by atoms with E-state index < -0.39 is 0 Å². The number of benzene rings is 1. The van der Waals surface area contributed by atoms with Gasteiger partial charge < -0.3 is 5.32 Å². The summed E-state index contributed by atoms with van der Waals surface area (Å²) in [7, 11) is 0. The Morgan fingerprint density at radius 1 is 1.33 bits per heavy atom. The fraction of sp³-hybridized carbons (Fsp3) is 0.500. The second kappa shape index (κ2) is 4.80. The van der Waals surface area contributed by atoms with Gasteiger partial charge in [0.15, 0.2) is 0 Å². The van der Waals surface area contributed by atoms with Gasteiger partial charge in [-0.15, -0.1) is 0 Å². The Bertz CT molecular complexity index is 302. The van der Waals surface area contributed by atoms with Crippen LogP contribution in [-0.4, -0.2) is 13.1 Å². The second-order valence-electron chi connectivity index (χ2n) is 4.56. The van der Waals surface area contributed by atoms with Crippen molar-refractivity contribution in [3.63, 3.8) is 0 Å². The number of piperidine rings is 1. The molecule has 0 saturated carbocycles. The first-order valence-electron chi connectivity index (χ1n) is 5.88. The van der Waals surface area contributed by atoms with Crippen molar-refractivity contribution < 1.29 is 0 Å². The second-order valence-corrected chi connectivity index (χ2v) is 4.56. The van der Waals surface area contributed by atoms with Gasteiger partial charge in [0.2, 0.25) is 0 Å². The molecule has 1 N–H and O–H groups in total. The molecule has 2 rings (SSSR count). The normalized spacial score (nSPS) is 26.5. The molecule has 1 aliphatic heterocycles. The highest BCUT2D eigenvalue weighted by molar-refractivity contribution is 5.25. The first-order chi connectivity index (χ1) is 7.31. The van der Waals surface area contributed by atoms with Gasteiger partial charge >= 0.3 is 0 Å². The number of rotatable bonds is 2. The topological polar surface area (TPSA) is 12.0 Å². The summed E-state index contributed by atoms with van der Waals surface area (Å²) in [5, 5.41) is 3.46. The SMILES string of the molecule is [CH2]CC1CNCCC1c1ccc(C)cc1. The van der Waals surface area contributed by atoms with Gasteiger partial charge in [0.25, 0.3) is 0 Å². The average molecular weight is 202 g/mol. The van der Waals surface area contributed by atoms with Crippen molar-refractivity contribution in [2.24, 2.45) is 5.92 Å². The van der Waals surface area contributed by atoms with Gasteiger partial charge in [-0.25, -0.2) is 0 Å². The number of nitrogens with one attached hydrogen (secondary N) is 1. The minimum absolute atomic E-state index is 0.710. The van der Waals surface area contributed by atoms with Crippen LogP contribution in [-0.2, 0) is 0 Å². The molecule has 0 bridgehead atoms. The molecule has 1 fully saturated rings. The molecule has 2 atom stereocenters. The summed E-state index contributed by atoms with van der Waals surface area (Å²) in [6.45, 7) is 8.48.